The molecule has 3 rings (SSSR count). The van der Waals surface area contributed by atoms with Crippen molar-refractivity contribution in [3.63, 3.8) is 0 Å². The van der Waals surface area contributed by atoms with Crippen molar-refractivity contribution in [1.82, 2.24) is 15.0 Å². The quantitative estimate of drug-likeness (QED) is 0.160. The fourth-order valence-corrected chi connectivity index (χ4v) is 2.82. The Balaban J connectivity index is -0.0000000779. The number of nitrogens with zero attached hydrogens (tertiary/aromatic N) is 3. The van der Waals surface area contributed by atoms with Gasteiger partial charge in [0.25, 0.3) is 0 Å². The topological polar surface area (TPSA) is 38.7 Å². The van der Waals surface area contributed by atoms with Crippen LogP contribution in [-0.2, 0) is 35.0 Å². The van der Waals surface area contributed by atoms with E-state index in [1.807, 2.05) is 103 Å². The third-order valence-corrected chi connectivity index (χ3v) is 5.18. The maximum Gasteiger partial charge on any atom is 1.00 e. The van der Waals surface area contributed by atoms with Crippen LogP contribution in [0.2, 0.25) is 0 Å². The first-order chi connectivity index (χ1) is 16.0. The van der Waals surface area contributed by atoms with E-state index in [0.29, 0.717) is 0 Å². The average molecular weight is 673 g/mol. The molecule has 0 saturated heterocycles. The van der Waals surface area contributed by atoms with Gasteiger partial charge >= 0.3 is 154 Å². The summed E-state index contributed by atoms with van der Waals surface area (Å²) >= 11 is 14.1. The molecule has 0 bridgehead atoms. The van der Waals surface area contributed by atoms with Crippen LogP contribution in [0.5, 0.6) is 0 Å². The summed E-state index contributed by atoms with van der Waals surface area (Å²) in [6.07, 6.45) is 14.7. The maximum absolute atomic E-state index is 4.71. The van der Waals surface area contributed by atoms with Gasteiger partial charge in [0.2, 0.25) is 0 Å². The van der Waals surface area contributed by atoms with Gasteiger partial charge in [-0.25, -0.2) is 0 Å². The zero-order valence-corrected chi connectivity index (χ0v) is 37.2. The molecule has 0 amide bonds. The predicted octanol–water partition coefficient (Wildman–Crippen LogP) is -0.390. The largest absolute Gasteiger partial charge is 1.00 e. The summed E-state index contributed by atoms with van der Waals surface area (Å²) in [6, 6.07) is 13.3. The van der Waals surface area contributed by atoms with Gasteiger partial charge in [-0.05, 0) is 41.3 Å². The summed E-state index contributed by atoms with van der Waals surface area (Å²) in [5, 5.41) is 0.891. The van der Waals surface area contributed by atoms with E-state index in [1.165, 1.54) is 32.4 Å². The molecule has 12 heteroatoms. The molecule has 0 aliphatic heterocycles. The van der Waals surface area contributed by atoms with Crippen molar-refractivity contribution >= 4 is 67.4 Å². The van der Waals surface area contributed by atoms with Crippen molar-refractivity contribution < 1.29 is 154 Å². The molecule has 0 atom stereocenters. The first-order valence-electron chi connectivity index (χ1n) is 9.87. The second kappa shape index (κ2) is 49.2. The van der Waals surface area contributed by atoms with Crippen molar-refractivity contribution in [3.05, 3.63) is 92.7 Å². The fourth-order valence-electron chi connectivity index (χ4n) is 1.19. The molecule has 0 spiro atoms. The monoisotopic (exact) mass is 672 g/mol. The predicted molar refractivity (Wildman–Crippen MR) is 159 cm³/mol. The van der Waals surface area contributed by atoms with Gasteiger partial charge in [-0.15, -0.1) is 0 Å². The summed E-state index contributed by atoms with van der Waals surface area (Å²) in [4.78, 5) is 13.8. The number of hydrogen-bond donors (Lipinski definition) is 0. The van der Waals surface area contributed by atoms with E-state index in [-0.39, 0.29) is 154 Å². The number of rotatable bonds is 3. The molecular formula is C24H33K3N3S6-3. The van der Waals surface area contributed by atoms with Crippen LogP contribution in [0.25, 0.3) is 0 Å². The van der Waals surface area contributed by atoms with Gasteiger partial charge in [0.15, 0.2) is 0 Å². The van der Waals surface area contributed by atoms with Crippen LogP contribution in [0, 0.1) is 19.3 Å². The molecule has 0 aliphatic rings. The molecule has 0 fully saturated rings. The molecule has 3 aromatic heterocycles. The Labute approximate surface area is 376 Å². The van der Waals surface area contributed by atoms with Gasteiger partial charge < -0.3 is 54.2 Å². The number of pyridine rings is 3. The van der Waals surface area contributed by atoms with Crippen LogP contribution >= 0.6 is 32.4 Å². The summed E-state index contributed by atoms with van der Waals surface area (Å²) in [6.45, 7) is 12.0. The van der Waals surface area contributed by atoms with E-state index in [2.05, 4.69) is 26.6 Å². The molecule has 0 N–H and O–H groups in total. The standard InChI is InChI=1S/3C5H5NS2.3C3H7.3K/c7-8-5-1-3-6-4-2-5;7-8-5-2-1-3-6-4-5;7-8-5-3-1-2-4-6-5;3*1-3-2;;;/h3*1-4,7H;3*3H,1-2H3;;;/q;;;3*-1;3*+1/p-3. The van der Waals surface area contributed by atoms with E-state index in [4.69, 9.17) is 23.3 Å². The first kappa shape index (κ1) is 53.1. The van der Waals surface area contributed by atoms with Crippen LogP contribution in [0.15, 0.2) is 88.3 Å². The smallest absolute Gasteiger partial charge is 0.714 e. The SMILES string of the molecule is C[CH-]C.C[CH-]C.C[CH-]C.[K+].[K+].[K+].[S-]Sc1ccccn1.[S-]Sc1cccnc1.[S-]Sc1ccncc1. The molecule has 3 aromatic rings. The zero-order chi connectivity index (χ0) is 25.6. The Morgan fingerprint density at radius 2 is 1.06 bits per heavy atom. The zero-order valence-electron chi connectivity index (χ0n) is 23.0. The molecule has 0 unspecified atom stereocenters. The number of aromatic nitrogens is 3. The van der Waals surface area contributed by atoms with Gasteiger partial charge in [-0.1, -0.05) is 6.07 Å². The molecule has 0 radical (unpaired) electrons. The summed E-state index contributed by atoms with van der Waals surface area (Å²) in [5.41, 5.74) is 0. The molecule has 36 heavy (non-hydrogen) atoms. The van der Waals surface area contributed by atoms with Crippen molar-refractivity contribution in [1.29, 1.82) is 0 Å². The third-order valence-electron chi connectivity index (χ3n) is 2.20. The van der Waals surface area contributed by atoms with E-state index in [0.717, 1.165) is 14.8 Å². The van der Waals surface area contributed by atoms with Crippen LogP contribution in [0.4, 0.5) is 0 Å². The summed E-state index contributed by atoms with van der Waals surface area (Å²) < 4.78 is 0. The van der Waals surface area contributed by atoms with Gasteiger partial charge in [-0.3, -0.25) is 47.3 Å². The van der Waals surface area contributed by atoms with Crippen LogP contribution in [0.3, 0.4) is 0 Å². The van der Waals surface area contributed by atoms with Crippen LogP contribution in [0.1, 0.15) is 41.5 Å². The van der Waals surface area contributed by atoms with Gasteiger partial charge in [0, 0.05) is 35.9 Å². The summed E-state index contributed by atoms with van der Waals surface area (Å²) in [5.74, 6) is 0. The van der Waals surface area contributed by atoms with Crippen LogP contribution in [-0.4, -0.2) is 15.0 Å². The molecule has 0 aliphatic carbocycles. The molecular weight excluding hydrogens is 640 g/mol. The molecule has 3 nitrogen and oxygen atoms in total. The van der Waals surface area contributed by atoms with Gasteiger partial charge in [0.1, 0.15) is 0 Å². The van der Waals surface area contributed by atoms with Crippen molar-refractivity contribution in [2.75, 3.05) is 0 Å². The van der Waals surface area contributed by atoms with Crippen molar-refractivity contribution in [3.8, 4) is 0 Å². The minimum atomic E-state index is 0. The normalized spacial score (nSPS) is 7.58. The maximum atomic E-state index is 4.71. The van der Waals surface area contributed by atoms with Crippen molar-refractivity contribution in [2.45, 2.75) is 56.4 Å². The fraction of sp³-hybridized carbons (Fsp3) is 0.250. The average Bonchev–Trinajstić information content (AvgIpc) is 2.88. The van der Waals surface area contributed by atoms with Gasteiger partial charge in [0.05, 0.1) is 5.03 Å². The van der Waals surface area contributed by atoms with Crippen LogP contribution < -0.4 is 154 Å². The van der Waals surface area contributed by atoms with Gasteiger partial charge in [-0.2, -0.15) is 41.5 Å². The molecule has 0 saturated carbocycles. The Hall–Kier alpha value is 4.46. The van der Waals surface area contributed by atoms with Crippen molar-refractivity contribution in [2.24, 2.45) is 0 Å². The third kappa shape index (κ3) is 45.4. The Bertz CT molecular complexity index is 609. The Morgan fingerprint density at radius 3 is 1.31 bits per heavy atom. The van der Waals surface area contributed by atoms with E-state index < -0.39 is 0 Å². The van der Waals surface area contributed by atoms with E-state index in [1.54, 1.807) is 31.0 Å². The second-order valence-electron chi connectivity index (χ2n) is 5.52. The summed E-state index contributed by atoms with van der Waals surface area (Å²) in [7, 11) is 3.84. The molecule has 3 heterocycles. The minimum Gasteiger partial charge on any atom is -0.714 e. The molecule has 186 valence electrons. The Kier molecular flexibility index (Phi) is 72.4. The number of hydrogen-bond acceptors (Lipinski definition) is 9. The van der Waals surface area contributed by atoms with E-state index in [9.17, 15) is 0 Å². The van der Waals surface area contributed by atoms with E-state index >= 15 is 0 Å². The second-order valence-corrected chi connectivity index (χ2v) is 8.88. The first-order valence-corrected chi connectivity index (χ1v) is 15.1. The minimum absolute atomic E-state index is 0. The molecule has 0 aromatic carbocycles. The Morgan fingerprint density at radius 1 is 0.556 bits per heavy atom.